The average Bonchev–Trinajstić information content (AvgIpc) is 2.20. The predicted molar refractivity (Wildman–Crippen MR) is 73.8 cm³/mol. The van der Waals surface area contributed by atoms with Crippen molar-refractivity contribution < 1.29 is 9.53 Å². The van der Waals surface area contributed by atoms with Gasteiger partial charge in [-0.15, -0.1) is 0 Å². The summed E-state index contributed by atoms with van der Waals surface area (Å²) in [6.45, 7) is 8.35. The first kappa shape index (κ1) is 14.5. The predicted octanol–water partition coefficient (Wildman–Crippen LogP) is 4.58. The van der Waals surface area contributed by atoms with Crippen LogP contribution in [0.15, 0.2) is 16.6 Å². The maximum Gasteiger partial charge on any atom is 0.339 e. The van der Waals surface area contributed by atoms with Gasteiger partial charge in [0.25, 0.3) is 0 Å². The number of benzene rings is 1. The molecule has 0 fully saturated rings. The monoisotopic (exact) mass is 318 g/mol. The molecule has 17 heavy (non-hydrogen) atoms. The molecule has 0 spiro atoms. The molecule has 0 aliphatic carbocycles. The van der Waals surface area contributed by atoms with E-state index in [4.69, 9.17) is 16.3 Å². The molecule has 0 aromatic heterocycles. The van der Waals surface area contributed by atoms with E-state index in [0.29, 0.717) is 17.2 Å². The van der Waals surface area contributed by atoms with Crippen molar-refractivity contribution in [1.82, 2.24) is 0 Å². The summed E-state index contributed by atoms with van der Waals surface area (Å²) in [5.74, 6) is -0.385. The van der Waals surface area contributed by atoms with E-state index < -0.39 is 0 Å². The summed E-state index contributed by atoms with van der Waals surface area (Å²) in [5.41, 5.74) is 1.40. The molecule has 4 heteroatoms. The molecule has 0 amide bonds. The van der Waals surface area contributed by atoms with Gasteiger partial charge in [0.2, 0.25) is 0 Å². The van der Waals surface area contributed by atoms with Crippen LogP contribution in [0.25, 0.3) is 0 Å². The third kappa shape index (κ3) is 3.46. The SMILES string of the molecule is CCOC(=O)c1cc(C(C)(C)C)cc(Br)c1Cl. The Bertz CT molecular complexity index is 436. The van der Waals surface area contributed by atoms with Gasteiger partial charge in [-0.2, -0.15) is 0 Å². The lowest BCUT2D eigenvalue weighted by Gasteiger charge is -2.21. The fourth-order valence-corrected chi connectivity index (χ4v) is 2.03. The van der Waals surface area contributed by atoms with Gasteiger partial charge in [0.05, 0.1) is 17.2 Å². The van der Waals surface area contributed by atoms with Crippen LogP contribution in [0.2, 0.25) is 5.02 Å². The highest BCUT2D eigenvalue weighted by molar-refractivity contribution is 9.10. The zero-order valence-electron chi connectivity index (χ0n) is 10.4. The Kier molecular flexibility index (Phi) is 4.62. The summed E-state index contributed by atoms with van der Waals surface area (Å²) >= 11 is 9.47. The molecule has 1 aromatic rings. The van der Waals surface area contributed by atoms with E-state index in [1.165, 1.54) is 0 Å². The number of hydrogen-bond acceptors (Lipinski definition) is 2. The van der Waals surface area contributed by atoms with Crippen molar-refractivity contribution in [2.24, 2.45) is 0 Å². The molecule has 0 radical (unpaired) electrons. The normalized spacial score (nSPS) is 11.4. The van der Waals surface area contributed by atoms with E-state index in [2.05, 4.69) is 36.7 Å². The van der Waals surface area contributed by atoms with Gasteiger partial charge in [-0.1, -0.05) is 32.4 Å². The minimum atomic E-state index is -0.385. The largest absolute Gasteiger partial charge is 0.462 e. The quantitative estimate of drug-likeness (QED) is 0.746. The van der Waals surface area contributed by atoms with Crippen LogP contribution >= 0.6 is 27.5 Å². The lowest BCUT2D eigenvalue weighted by molar-refractivity contribution is 0.0526. The maximum absolute atomic E-state index is 11.8. The van der Waals surface area contributed by atoms with Crippen LogP contribution in [-0.2, 0) is 10.2 Å². The Morgan fingerprint density at radius 3 is 2.47 bits per heavy atom. The van der Waals surface area contributed by atoms with Crippen LogP contribution in [0.4, 0.5) is 0 Å². The first-order valence-corrected chi connectivity index (χ1v) is 6.61. The highest BCUT2D eigenvalue weighted by Crippen LogP contribution is 2.33. The van der Waals surface area contributed by atoms with Crippen LogP contribution < -0.4 is 0 Å². The molecule has 0 aliphatic heterocycles. The van der Waals surface area contributed by atoms with Crippen LogP contribution in [0.1, 0.15) is 43.6 Å². The van der Waals surface area contributed by atoms with Crippen LogP contribution in [0.5, 0.6) is 0 Å². The molecule has 0 N–H and O–H groups in total. The minimum absolute atomic E-state index is 0.0473. The van der Waals surface area contributed by atoms with E-state index in [1.54, 1.807) is 13.0 Å². The molecule has 0 bridgehead atoms. The second kappa shape index (κ2) is 5.40. The molecular formula is C13H16BrClO2. The zero-order chi connectivity index (χ0) is 13.2. The number of rotatable bonds is 2. The molecule has 2 nitrogen and oxygen atoms in total. The van der Waals surface area contributed by atoms with Crippen molar-refractivity contribution in [3.8, 4) is 0 Å². The summed E-state index contributed by atoms with van der Waals surface area (Å²) in [4.78, 5) is 11.8. The molecule has 0 saturated carbocycles. The molecule has 94 valence electrons. The maximum atomic E-state index is 11.8. The van der Waals surface area contributed by atoms with E-state index in [9.17, 15) is 4.79 Å². The standard InChI is InChI=1S/C13H16BrClO2/c1-5-17-12(16)9-6-8(13(2,3)4)7-10(14)11(9)15/h6-7H,5H2,1-4H3. The highest BCUT2D eigenvalue weighted by Gasteiger charge is 2.21. The number of carbonyl (C=O) groups excluding carboxylic acids is 1. The molecule has 0 heterocycles. The van der Waals surface area contributed by atoms with Gasteiger partial charge in [0.1, 0.15) is 0 Å². The fourth-order valence-electron chi connectivity index (χ4n) is 1.38. The number of carbonyl (C=O) groups is 1. The first-order valence-electron chi connectivity index (χ1n) is 5.44. The number of ether oxygens (including phenoxy) is 1. The van der Waals surface area contributed by atoms with Gasteiger partial charge >= 0.3 is 5.97 Å². The van der Waals surface area contributed by atoms with Gasteiger partial charge in [-0.25, -0.2) is 4.79 Å². The second-order valence-electron chi connectivity index (χ2n) is 4.79. The Morgan fingerprint density at radius 1 is 1.41 bits per heavy atom. The van der Waals surface area contributed by atoms with Crippen molar-refractivity contribution >= 4 is 33.5 Å². The van der Waals surface area contributed by atoms with E-state index in [1.807, 2.05) is 6.07 Å². The lowest BCUT2D eigenvalue weighted by Crippen LogP contribution is -2.14. The summed E-state index contributed by atoms with van der Waals surface area (Å²) < 4.78 is 5.70. The van der Waals surface area contributed by atoms with Gasteiger partial charge in [-0.3, -0.25) is 0 Å². The Morgan fingerprint density at radius 2 is 2.00 bits per heavy atom. The van der Waals surface area contributed by atoms with Crippen LogP contribution in [-0.4, -0.2) is 12.6 Å². The van der Waals surface area contributed by atoms with Crippen molar-refractivity contribution in [3.63, 3.8) is 0 Å². The average molecular weight is 320 g/mol. The Hall–Kier alpha value is -0.540. The van der Waals surface area contributed by atoms with Crippen molar-refractivity contribution in [2.45, 2.75) is 33.1 Å². The van der Waals surface area contributed by atoms with Crippen molar-refractivity contribution in [2.75, 3.05) is 6.61 Å². The van der Waals surface area contributed by atoms with Crippen LogP contribution in [0.3, 0.4) is 0 Å². The second-order valence-corrected chi connectivity index (χ2v) is 6.02. The van der Waals surface area contributed by atoms with Crippen molar-refractivity contribution in [3.05, 3.63) is 32.8 Å². The Balaban J connectivity index is 3.30. The highest BCUT2D eigenvalue weighted by atomic mass is 79.9. The summed E-state index contributed by atoms with van der Waals surface area (Å²) in [5, 5.41) is 0.399. The number of hydrogen-bond donors (Lipinski definition) is 0. The van der Waals surface area contributed by atoms with E-state index in [0.717, 1.165) is 10.0 Å². The smallest absolute Gasteiger partial charge is 0.339 e. The summed E-state index contributed by atoms with van der Waals surface area (Å²) in [6, 6.07) is 3.73. The van der Waals surface area contributed by atoms with Gasteiger partial charge in [-0.05, 0) is 46.0 Å². The summed E-state index contributed by atoms with van der Waals surface area (Å²) in [7, 11) is 0. The molecule has 0 unspecified atom stereocenters. The first-order chi connectivity index (χ1) is 7.77. The van der Waals surface area contributed by atoms with Gasteiger partial charge in [0.15, 0.2) is 0 Å². The lowest BCUT2D eigenvalue weighted by atomic mass is 9.86. The van der Waals surface area contributed by atoms with Crippen molar-refractivity contribution in [1.29, 1.82) is 0 Å². The third-order valence-electron chi connectivity index (χ3n) is 2.39. The molecular weight excluding hydrogens is 303 g/mol. The van der Waals surface area contributed by atoms with Gasteiger partial charge < -0.3 is 4.74 Å². The molecule has 1 rings (SSSR count). The van der Waals surface area contributed by atoms with Gasteiger partial charge in [0, 0.05) is 4.47 Å². The van der Waals surface area contributed by atoms with E-state index in [-0.39, 0.29) is 11.4 Å². The van der Waals surface area contributed by atoms with Crippen LogP contribution in [0, 0.1) is 0 Å². The third-order valence-corrected chi connectivity index (χ3v) is 3.65. The number of esters is 1. The molecule has 0 saturated heterocycles. The number of halogens is 2. The molecule has 0 atom stereocenters. The fraction of sp³-hybridized carbons (Fsp3) is 0.462. The Labute approximate surface area is 115 Å². The molecule has 1 aromatic carbocycles. The van der Waals surface area contributed by atoms with E-state index >= 15 is 0 Å². The molecule has 0 aliphatic rings. The summed E-state index contributed by atoms with van der Waals surface area (Å²) in [6.07, 6.45) is 0. The minimum Gasteiger partial charge on any atom is -0.462 e. The topological polar surface area (TPSA) is 26.3 Å². The zero-order valence-corrected chi connectivity index (χ0v) is 12.8.